The van der Waals surface area contributed by atoms with E-state index in [4.69, 9.17) is 11.5 Å². The molecule has 2 rings (SSSR count). The van der Waals surface area contributed by atoms with Crippen LogP contribution in [0.3, 0.4) is 0 Å². The predicted octanol–water partition coefficient (Wildman–Crippen LogP) is 3.08. The van der Waals surface area contributed by atoms with Gasteiger partial charge in [-0.05, 0) is 49.2 Å². The lowest BCUT2D eigenvalue weighted by molar-refractivity contribution is 1.22. The third kappa shape index (κ3) is 3.45. The van der Waals surface area contributed by atoms with Crippen LogP contribution in [0, 0.1) is 0 Å². The Hall–Kier alpha value is -2.62. The van der Waals surface area contributed by atoms with Crippen molar-refractivity contribution in [3.63, 3.8) is 0 Å². The minimum Gasteiger partial charge on any atom is -0.399 e. The third-order valence-corrected chi connectivity index (χ3v) is 2.96. The average Bonchev–Trinajstić information content (AvgIpc) is 2.44. The van der Waals surface area contributed by atoms with Crippen LogP contribution in [0.4, 0.5) is 11.4 Å². The number of nitrogen functional groups attached to an aromatic ring is 2. The summed E-state index contributed by atoms with van der Waals surface area (Å²) in [6.07, 6.45) is 0. The highest BCUT2D eigenvalue weighted by molar-refractivity contribution is 6.02. The van der Waals surface area contributed by atoms with E-state index in [0.29, 0.717) is 11.4 Å². The van der Waals surface area contributed by atoms with Crippen molar-refractivity contribution in [1.82, 2.24) is 0 Å². The minimum atomic E-state index is 0.716. The van der Waals surface area contributed by atoms with Crippen LogP contribution in [-0.2, 0) is 0 Å². The molecule has 2 aromatic carbocycles. The zero-order chi connectivity index (χ0) is 14.5. The molecule has 0 bridgehead atoms. The summed E-state index contributed by atoms with van der Waals surface area (Å²) in [5.74, 6) is 0. The first-order chi connectivity index (χ1) is 9.56. The molecule has 2 aromatic rings. The Morgan fingerprint density at radius 1 is 0.750 bits per heavy atom. The first-order valence-electron chi connectivity index (χ1n) is 6.37. The Morgan fingerprint density at radius 3 is 1.50 bits per heavy atom. The van der Waals surface area contributed by atoms with Crippen molar-refractivity contribution in [3.8, 4) is 0 Å². The second-order valence-corrected chi connectivity index (χ2v) is 4.62. The molecule has 0 aromatic heterocycles. The number of hydrogen-bond acceptors (Lipinski definition) is 4. The molecule has 4 nitrogen and oxygen atoms in total. The van der Waals surface area contributed by atoms with Gasteiger partial charge in [0.05, 0.1) is 11.4 Å². The van der Waals surface area contributed by atoms with Crippen molar-refractivity contribution in [1.29, 1.82) is 0 Å². The number of benzene rings is 2. The third-order valence-electron chi connectivity index (χ3n) is 2.96. The van der Waals surface area contributed by atoms with Crippen molar-refractivity contribution in [2.45, 2.75) is 13.8 Å². The molecule has 102 valence electrons. The topological polar surface area (TPSA) is 76.8 Å². The van der Waals surface area contributed by atoms with Crippen molar-refractivity contribution in [3.05, 3.63) is 59.7 Å². The Bertz CT molecular complexity index is 612. The Labute approximate surface area is 118 Å². The zero-order valence-corrected chi connectivity index (χ0v) is 11.7. The summed E-state index contributed by atoms with van der Waals surface area (Å²) in [5, 5.41) is 8.50. The van der Waals surface area contributed by atoms with Gasteiger partial charge >= 0.3 is 0 Å². The fraction of sp³-hybridized carbons (Fsp3) is 0.125. The van der Waals surface area contributed by atoms with E-state index in [1.165, 1.54) is 0 Å². The zero-order valence-electron chi connectivity index (χ0n) is 11.7. The monoisotopic (exact) mass is 266 g/mol. The van der Waals surface area contributed by atoms with Crippen LogP contribution >= 0.6 is 0 Å². The van der Waals surface area contributed by atoms with Crippen LogP contribution in [0.5, 0.6) is 0 Å². The van der Waals surface area contributed by atoms with Crippen molar-refractivity contribution >= 4 is 22.8 Å². The molecule has 0 spiro atoms. The standard InChI is InChI=1S/C16H18N4/c1-11(13-5-3-7-15(17)9-13)19-20-12(2)14-6-4-8-16(18)10-14/h3-10H,17-18H2,1-2H3/b19-11-,20-12+. The molecule has 20 heavy (non-hydrogen) atoms. The van der Waals surface area contributed by atoms with E-state index in [-0.39, 0.29) is 0 Å². The average molecular weight is 266 g/mol. The molecule has 0 aliphatic carbocycles. The summed E-state index contributed by atoms with van der Waals surface area (Å²) in [4.78, 5) is 0. The van der Waals surface area contributed by atoms with Gasteiger partial charge in [-0.25, -0.2) is 0 Å². The van der Waals surface area contributed by atoms with Crippen LogP contribution in [0.2, 0.25) is 0 Å². The van der Waals surface area contributed by atoms with Gasteiger partial charge in [0.25, 0.3) is 0 Å². The molecular weight excluding hydrogens is 248 g/mol. The molecule has 0 unspecified atom stereocenters. The maximum Gasteiger partial charge on any atom is 0.0672 e. The summed E-state index contributed by atoms with van der Waals surface area (Å²) in [7, 11) is 0. The quantitative estimate of drug-likeness (QED) is 0.509. The summed E-state index contributed by atoms with van der Waals surface area (Å²) >= 11 is 0. The number of anilines is 2. The first kappa shape index (κ1) is 13.8. The maximum absolute atomic E-state index is 5.76. The van der Waals surface area contributed by atoms with Gasteiger partial charge in [0.1, 0.15) is 0 Å². The molecular formula is C16H18N4. The van der Waals surface area contributed by atoms with Gasteiger partial charge < -0.3 is 11.5 Å². The summed E-state index contributed by atoms with van der Waals surface area (Å²) in [5.41, 5.74) is 16.5. The van der Waals surface area contributed by atoms with Crippen LogP contribution in [0.25, 0.3) is 0 Å². The highest BCUT2D eigenvalue weighted by Gasteiger charge is 1.99. The molecule has 0 aliphatic heterocycles. The molecule has 0 amide bonds. The van der Waals surface area contributed by atoms with Gasteiger partial charge in [-0.3, -0.25) is 0 Å². The van der Waals surface area contributed by atoms with Crippen LogP contribution < -0.4 is 11.5 Å². The Kier molecular flexibility index (Phi) is 4.15. The van der Waals surface area contributed by atoms with Crippen LogP contribution in [0.1, 0.15) is 25.0 Å². The number of hydrogen-bond donors (Lipinski definition) is 2. The molecule has 4 heteroatoms. The van der Waals surface area contributed by atoms with Gasteiger partial charge in [0, 0.05) is 11.4 Å². The Morgan fingerprint density at radius 2 is 1.15 bits per heavy atom. The van der Waals surface area contributed by atoms with E-state index in [9.17, 15) is 0 Å². The molecule has 0 heterocycles. The highest BCUT2D eigenvalue weighted by Crippen LogP contribution is 2.10. The van der Waals surface area contributed by atoms with E-state index in [0.717, 1.165) is 22.6 Å². The van der Waals surface area contributed by atoms with Crippen molar-refractivity contribution in [2.24, 2.45) is 10.2 Å². The first-order valence-corrected chi connectivity index (χ1v) is 6.37. The highest BCUT2D eigenvalue weighted by atomic mass is 15.2. The number of rotatable bonds is 3. The molecule has 0 atom stereocenters. The number of nitrogens with zero attached hydrogens (tertiary/aromatic N) is 2. The van der Waals surface area contributed by atoms with E-state index in [1.54, 1.807) is 0 Å². The van der Waals surface area contributed by atoms with Crippen molar-refractivity contribution < 1.29 is 0 Å². The molecule has 0 aliphatic rings. The van der Waals surface area contributed by atoms with Gasteiger partial charge in [0.15, 0.2) is 0 Å². The van der Waals surface area contributed by atoms with Gasteiger partial charge in [0.2, 0.25) is 0 Å². The van der Waals surface area contributed by atoms with Gasteiger partial charge in [-0.15, -0.1) is 0 Å². The van der Waals surface area contributed by atoms with Crippen LogP contribution in [-0.4, -0.2) is 11.4 Å². The molecule has 0 radical (unpaired) electrons. The van der Waals surface area contributed by atoms with Gasteiger partial charge in [-0.1, -0.05) is 24.3 Å². The van der Waals surface area contributed by atoms with Crippen molar-refractivity contribution in [2.75, 3.05) is 11.5 Å². The normalized spacial score (nSPS) is 12.5. The number of nitrogens with two attached hydrogens (primary N) is 2. The Balaban J connectivity index is 2.24. The second-order valence-electron chi connectivity index (χ2n) is 4.62. The predicted molar refractivity (Wildman–Crippen MR) is 86.1 cm³/mol. The molecule has 0 saturated carbocycles. The molecule has 4 N–H and O–H groups in total. The van der Waals surface area contributed by atoms with E-state index >= 15 is 0 Å². The fourth-order valence-electron chi connectivity index (χ4n) is 1.79. The minimum absolute atomic E-state index is 0.716. The lowest BCUT2D eigenvalue weighted by Gasteiger charge is -2.02. The summed E-state index contributed by atoms with van der Waals surface area (Å²) in [6, 6.07) is 15.2. The summed E-state index contributed by atoms with van der Waals surface area (Å²) < 4.78 is 0. The maximum atomic E-state index is 5.76. The van der Waals surface area contributed by atoms with E-state index in [2.05, 4.69) is 10.2 Å². The lowest BCUT2D eigenvalue weighted by Crippen LogP contribution is -1.98. The molecule has 0 saturated heterocycles. The molecule has 0 fully saturated rings. The van der Waals surface area contributed by atoms with E-state index < -0.39 is 0 Å². The SMILES string of the molecule is C/C(=N/N=C(\C)c1cccc(N)c1)c1cccc(N)c1. The lowest BCUT2D eigenvalue weighted by atomic mass is 10.1. The summed E-state index contributed by atoms with van der Waals surface area (Å²) in [6.45, 7) is 3.82. The second kappa shape index (κ2) is 6.02. The van der Waals surface area contributed by atoms with Crippen LogP contribution in [0.15, 0.2) is 58.7 Å². The fourth-order valence-corrected chi connectivity index (χ4v) is 1.79. The smallest absolute Gasteiger partial charge is 0.0672 e. The van der Waals surface area contributed by atoms with Gasteiger partial charge in [-0.2, -0.15) is 10.2 Å². The largest absolute Gasteiger partial charge is 0.399 e. The van der Waals surface area contributed by atoms with E-state index in [1.807, 2.05) is 62.4 Å².